The van der Waals surface area contributed by atoms with Gasteiger partial charge in [-0.3, -0.25) is 14.5 Å². The first kappa shape index (κ1) is 22.3. The molecule has 2 heterocycles. The van der Waals surface area contributed by atoms with Gasteiger partial charge in [0.1, 0.15) is 0 Å². The average Bonchev–Trinajstić information content (AvgIpc) is 3.22. The fourth-order valence-corrected chi connectivity index (χ4v) is 4.18. The number of halogens is 2. The van der Waals surface area contributed by atoms with Crippen molar-refractivity contribution in [2.45, 2.75) is 19.4 Å². The number of benzene rings is 2. The highest BCUT2D eigenvalue weighted by molar-refractivity contribution is 6.36. The summed E-state index contributed by atoms with van der Waals surface area (Å²) >= 11 is 12.2. The molecule has 32 heavy (non-hydrogen) atoms. The van der Waals surface area contributed by atoms with E-state index in [1.807, 2.05) is 0 Å². The molecule has 1 fully saturated rings. The number of carbonyl (C=O) groups is 2. The van der Waals surface area contributed by atoms with Crippen molar-refractivity contribution >= 4 is 40.7 Å². The number of nitrogens with one attached hydrogen (secondary N) is 1. The highest BCUT2D eigenvalue weighted by atomic mass is 35.5. The first-order valence-electron chi connectivity index (χ1n) is 10.1. The summed E-state index contributed by atoms with van der Waals surface area (Å²) in [5, 5.41) is 7.84. The summed E-state index contributed by atoms with van der Waals surface area (Å²) in [6.45, 7) is 1.89. The zero-order chi connectivity index (χ0) is 22.7. The molecule has 0 radical (unpaired) electrons. The molecule has 2 amide bonds. The number of hydrogen-bond acceptors (Lipinski definition) is 6. The molecule has 1 aliphatic rings. The molecule has 8 nitrogen and oxygen atoms in total. The number of hydrogen-bond donors (Lipinski definition) is 2. The smallest absolute Gasteiger partial charge is 0.250 e. The highest BCUT2D eigenvalue weighted by Gasteiger charge is 2.27. The van der Waals surface area contributed by atoms with E-state index in [9.17, 15) is 9.59 Å². The number of para-hydroxylation sites is 1. The molecule has 4 rings (SSSR count). The molecule has 0 bridgehead atoms. The average molecular weight is 474 g/mol. The minimum atomic E-state index is -0.575. The lowest BCUT2D eigenvalue weighted by molar-refractivity contribution is -0.121. The number of aromatic nitrogens is 2. The Morgan fingerprint density at radius 2 is 1.91 bits per heavy atom. The van der Waals surface area contributed by atoms with Crippen LogP contribution in [0.15, 0.2) is 47.0 Å². The van der Waals surface area contributed by atoms with E-state index in [-0.39, 0.29) is 11.8 Å². The number of amides is 2. The molecule has 1 aromatic heterocycles. The van der Waals surface area contributed by atoms with Gasteiger partial charge in [-0.15, -0.1) is 0 Å². The van der Waals surface area contributed by atoms with Crippen LogP contribution in [0.3, 0.4) is 0 Å². The van der Waals surface area contributed by atoms with Crippen molar-refractivity contribution in [1.82, 2.24) is 15.0 Å². The topological polar surface area (TPSA) is 114 Å². The summed E-state index contributed by atoms with van der Waals surface area (Å²) in [6, 6.07) is 11.8. The second-order valence-corrected chi connectivity index (χ2v) is 8.43. The SMILES string of the molecule is NC(=O)c1ccccc1NC(=O)C1CCN(Cc2nc(-c3ccc(Cl)cc3Cl)no2)CC1. The fraction of sp³-hybridized carbons (Fsp3) is 0.273. The monoisotopic (exact) mass is 473 g/mol. The molecule has 0 unspecified atom stereocenters. The van der Waals surface area contributed by atoms with Crippen LogP contribution in [0.4, 0.5) is 5.69 Å². The maximum Gasteiger partial charge on any atom is 0.250 e. The summed E-state index contributed by atoms with van der Waals surface area (Å²) in [6.07, 6.45) is 1.35. The molecular weight excluding hydrogens is 453 g/mol. The molecule has 1 saturated heterocycles. The number of anilines is 1. The quantitative estimate of drug-likeness (QED) is 0.559. The van der Waals surface area contributed by atoms with Gasteiger partial charge in [-0.1, -0.05) is 40.5 Å². The summed E-state index contributed by atoms with van der Waals surface area (Å²) in [5.41, 5.74) is 6.77. The number of carbonyl (C=O) groups excluding carboxylic acids is 2. The van der Waals surface area contributed by atoms with E-state index in [1.54, 1.807) is 42.5 Å². The van der Waals surface area contributed by atoms with Crippen LogP contribution >= 0.6 is 23.2 Å². The van der Waals surface area contributed by atoms with E-state index in [2.05, 4.69) is 20.4 Å². The Balaban J connectivity index is 1.32. The Morgan fingerprint density at radius 1 is 1.16 bits per heavy atom. The van der Waals surface area contributed by atoms with E-state index in [1.165, 1.54) is 0 Å². The van der Waals surface area contributed by atoms with Crippen LogP contribution in [0.1, 0.15) is 29.1 Å². The van der Waals surface area contributed by atoms with Crippen LogP contribution in [0.5, 0.6) is 0 Å². The Hall–Kier alpha value is -2.94. The molecule has 166 valence electrons. The lowest BCUT2D eigenvalue weighted by Crippen LogP contribution is -2.38. The van der Waals surface area contributed by atoms with Gasteiger partial charge in [0.05, 0.1) is 22.8 Å². The predicted molar refractivity (Wildman–Crippen MR) is 121 cm³/mol. The van der Waals surface area contributed by atoms with Crippen molar-refractivity contribution in [3.8, 4) is 11.4 Å². The minimum Gasteiger partial charge on any atom is -0.366 e. The zero-order valence-electron chi connectivity index (χ0n) is 17.1. The summed E-state index contributed by atoms with van der Waals surface area (Å²) < 4.78 is 5.38. The summed E-state index contributed by atoms with van der Waals surface area (Å²) in [5.74, 6) is 0.0389. The van der Waals surface area contributed by atoms with Gasteiger partial charge in [0.2, 0.25) is 17.6 Å². The van der Waals surface area contributed by atoms with Gasteiger partial charge in [-0.2, -0.15) is 4.98 Å². The normalized spacial score (nSPS) is 14.9. The van der Waals surface area contributed by atoms with E-state index >= 15 is 0 Å². The number of piperidine rings is 1. The van der Waals surface area contributed by atoms with Crippen LogP contribution in [-0.2, 0) is 11.3 Å². The molecule has 1 aliphatic heterocycles. The molecule has 0 aliphatic carbocycles. The minimum absolute atomic E-state index is 0.115. The van der Waals surface area contributed by atoms with E-state index in [0.29, 0.717) is 71.1 Å². The number of likely N-dealkylation sites (tertiary alicyclic amines) is 1. The number of nitrogens with two attached hydrogens (primary N) is 1. The third kappa shape index (κ3) is 5.09. The second-order valence-electron chi connectivity index (χ2n) is 7.59. The van der Waals surface area contributed by atoms with Gasteiger partial charge in [0.15, 0.2) is 0 Å². The van der Waals surface area contributed by atoms with E-state index in [0.717, 1.165) is 0 Å². The molecule has 3 aromatic rings. The standard InChI is InChI=1S/C22H21Cl2N5O3/c23-14-5-6-15(17(24)11-14)21-27-19(32-28-21)12-29-9-7-13(8-10-29)22(31)26-18-4-2-1-3-16(18)20(25)30/h1-6,11,13H,7-10,12H2,(H2,25,30)(H,26,31). The fourth-order valence-electron chi connectivity index (χ4n) is 3.69. The van der Waals surface area contributed by atoms with Gasteiger partial charge in [-0.25, -0.2) is 0 Å². The Morgan fingerprint density at radius 3 is 2.62 bits per heavy atom. The molecule has 3 N–H and O–H groups in total. The highest BCUT2D eigenvalue weighted by Crippen LogP contribution is 2.29. The van der Waals surface area contributed by atoms with Crippen molar-refractivity contribution in [3.63, 3.8) is 0 Å². The van der Waals surface area contributed by atoms with Crippen molar-refractivity contribution in [2.75, 3.05) is 18.4 Å². The van der Waals surface area contributed by atoms with Crippen LogP contribution in [-0.4, -0.2) is 39.9 Å². The molecule has 10 heteroatoms. The second kappa shape index (κ2) is 9.68. The molecule has 0 spiro atoms. The number of rotatable bonds is 6. The van der Waals surface area contributed by atoms with Crippen LogP contribution in [0, 0.1) is 5.92 Å². The van der Waals surface area contributed by atoms with Crippen LogP contribution in [0.25, 0.3) is 11.4 Å². The predicted octanol–water partition coefficient (Wildman–Crippen LogP) is 3.99. The van der Waals surface area contributed by atoms with Crippen LogP contribution in [0.2, 0.25) is 10.0 Å². The van der Waals surface area contributed by atoms with Crippen molar-refractivity contribution in [1.29, 1.82) is 0 Å². The van der Waals surface area contributed by atoms with Gasteiger partial charge >= 0.3 is 0 Å². The third-order valence-corrected chi connectivity index (χ3v) is 5.96. The lowest BCUT2D eigenvalue weighted by atomic mass is 9.95. The number of nitrogens with zero attached hydrogens (tertiary/aromatic N) is 3. The molecule has 0 saturated carbocycles. The molecule has 0 atom stereocenters. The molecule has 2 aromatic carbocycles. The maximum atomic E-state index is 12.7. The van der Waals surface area contributed by atoms with Crippen LogP contribution < -0.4 is 11.1 Å². The summed E-state index contributed by atoms with van der Waals surface area (Å²) in [7, 11) is 0. The van der Waals surface area contributed by atoms with E-state index < -0.39 is 5.91 Å². The van der Waals surface area contributed by atoms with Gasteiger partial charge in [-0.05, 0) is 56.3 Å². The largest absolute Gasteiger partial charge is 0.366 e. The van der Waals surface area contributed by atoms with Gasteiger partial charge < -0.3 is 15.6 Å². The van der Waals surface area contributed by atoms with Crippen molar-refractivity contribution in [3.05, 3.63) is 64.0 Å². The van der Waals surface area contributed by atoms with Crippen molar-refractivity contribution < 1.29 is 14.1 Å². The van der Waals surface area contributed by atoms with Gasteiger partial charge in [0.25, 0.3) is 5.91 Å². The Labute approximate surface area is 194 Å². The van der Waals surface area contributed by atoms with Crippen molar-refractivity contribution in [2.24, 2.45) is 11.7 Å². The Bertz CT molecular complexity index is 1140. The zero-order valence-corrected chi connectivity index (χ0v) is 18.6. The number of primary amides is 1. The summed E-state index contributed by atoms with van der Waals surface area (Å²) in [4.78, 5) is 30.8. The Kier molecular flexibility index (Phi) is 6.74. The van der Waals surface area contributed by atoms with Gasteiger partial charge in [0, 0.05) is 16.5 Å². The lowest BCUT2D eigenvalue weighted by Gasteiger charge is -2.30. The maximum absolute atomic E-state index is 12.7. The molecular formula is C22H21Cl2N5O3. The third-order valence-electron chi connectivity index (χ3n) is 5.41. The van der Waals surface area contributed by atoms with E-state index in [4.69, 9.17) is 33.5 Å². The first-order chi connectivity index (χ1) is 15.4. The first-order valence-corrected chi connectivity index (χ1v) is 10.9.